The van der Waals surface area contributed by atoms with Crippen molar-refractivity contribution < 1.29 is 9.53 Å². The van der Waals surface area contributed by atoms with E-state index in [1.165, 1.54) is 6.42 Å². The smallest absolute Gasteiger partial charge is 0.252 e. The summed E-state index contributed by atoms with van der Waals surface area (Å²) in [5.41, 5.74) is 3.98. The minimum absolute atomic E-state index is 0.0109. The first-order chi connectivity index (χ1) is 11.0. The van der Waals surface area contributed by atoms with Gasteiger partial charge in [-0.15, -0.1) is 0 Å². The first-order valence-corrected chi connectivity index (χ1v) is 8.23. The lowest BCUT2D eigenvalue weighted by Gasteiger charge is -2.36. The number of ether oxygens (including phenoxy) is 1. The van der Waals surface area contributed by atoms with Crippen LogP contribution in [-0.2, 0) is 4.74 Å². The van der Waals surface area contributed by atoms with E-state index in [1.807, 2.05) is 47.6 Å². The Morgan fingerprint density at radius 1 is 1.39 bits per heavy atom. The van der Waals surface area contributed by atoms with E-state index < -0.39 is 0 Å². The number of hydrazine groups is 1. The highest BCUT2D eigenvalue weighted by Gasteiger charge is 2.29. The first-order valence-electron chi connectivity index (χ1n) is 8.23. The summed E-state index contributed by atoms with van der Waals surface area (Å²) in [6.07, 6.45) is 6.05. The monoisotopic (exact) mass is 315 g/mol. The lowest BCUT2D eigenvalue weighted by molar-refractivity contribution is -0.0813. The van der Waals surface area contributed by atoms with Crippen molar-refractivity contribution in [3.63, 3.8) is 0 Å². The number of rotatable bonds is 4. The van der Waals surface area contributed by atoms with Gasteiger partial charge in [-0.05, 0) is 44.9 Å². The highest BCUT2D eigenvalue weighted by molar-refractivity contribution is 5.94. The maximum absolute atomic E-state index is 12.1. The number of amides is 1. The molecule has 0 spiro atoms. The number of hydrogen-bond donors (Lipinski definition) is 2. The van der Waals surface area contributed by atoms with Crippen LogP contribution < -0.4 is 10.7 Å². The Morgan fingerprint density at radius 2 is 2.17 bits per heavy atom. The molecule has 0 saturated carbocycles. The van der Waals surface area contributed by atoms with Crippen LogP contribution in [0.4, 0.5) is 0 Å². The van der Waals surface area contributed by atoms with Crippen molar-refractivity contribution in [1.29, 1.82) is 0 Å². The molecule has 1 fully saturated rings. The van der Waals surface area contributed by atoms with Crippen molar-refractivity contribution in [2.75, 3.05) is 13.2 Å². The van der Waals surface area contributed by atoms with Crippen LogP contribution >= 0.6 is 0 Å². The summed E-state index contributed by atoms with van der Waals surface area (Å²) in [5.74, 6) is 0.445. The van der Waals surface area contributed by atoms with Gasteiger partial charge in [0.2, 0.25) is 0 Å². The van der Waals surface area contributed by atoms with Gasteiger partial charge in [-0.2, -0.15) is 0 Å². The maximum atomic E-state index is 12.1. The third-order valence-electron chi connectivity index (χ3n) is 4.41. The fourth-order valence-corrected chi connectivity index (χ4v) is 2.94. The minimum atomic E-state index is -0.163. The van der Waals surface area contributed by atoms with Crippen LogP contribution in [0, 0.1) is 5.92 Å². The molecule has 0 aliphatic carbocycles. The van der Waals surface area contributed by atoms with E-state index in [2.05, 4.69) is 24.6 Å². The van der Waals surface area contributed by atoms with Gasteiger partial charge in [0.25, 0.3) is 5.91 Å². The number of carbonyl (C=O) groups excluding carboxylic acids is 1. The SMILES string of the molecule is CC1(C)CC[C@H](CN2C=CC(NC(=O)c3ccccc3)N2)CO1. The van der Waals surface area contributed by atoms with Crippen molar-refractivity contribution in [3.05, 3.63) is 48.2 Å². The standard InChI is InChI=1S/C18H25N3O2/c1-18(2)10-8-14(13-23-18)12-21-11-9-16(20-21)19-17(22)15-6-4-3-5-7-15/h3-7,9,11,14,16,20H,8,10,12-13H2,1-2H3,(H,19,22)/t14-,16?/m1/s1. The second kappa shape index (κ2) is 6.72. The minimum Gasteiger partial charge on any atom is -0.375 e. The van der Waals surface area contributed by atoms with E-state index in [9.17, 15) is 4.79 Å². The maximum Gasteiger partial charge on any atom is 0.252 e. The van der Waals surface area contributed by atoms with Gasteiger partial charge in [-0.3, -0.25) is 4.79 Å². The number of nitrogens with one attached hydrogen (secondary N) is 2. The zero-order chi connectivity index (χ0) is 16.3. The number of nitrogens with zero attached hydrogens (tertiary/aromatic N) is 1. The van der Waals surface area contributed by atoms with Crippen LogP contribution in [-0.4, -0.2) is 35.8 Å². The van der Waals surface area contributed by atoms with Crippen molar-refractivity contribution in [1.82, 2.24) is 15.8 Å². The molecule has 2 atom stereocenters. The molecule has 1 aromatic carbocycles. The average Bonchev–Trinajstić information content (AvgIpc) is 2.97. The van der Waals surface area contributed by atoms with Crippen LogP contribution in [0.3, 0.4) is 0 Å². The van der Waals surface area contributed by atoms with E-state index >= 15 is 0 Å². The Balaban J connectivity index is 1.44. The van der Waals surface area contributed by atoms with Crippen molar-refractivity contribution in [3.8, 4) is 0 Å². The summed E-state index contributed by atoms with van der Waals surface area (Å²) in [4.78, 5) is 12.1. The zero-order valence-electron chi connectivity index (χ0n) is 13.8. The van der Waals surface area contributed by atoms with E-state index in [0.29, 0.717) is 11.5 Å². The third kappa shape index (κ3) is 4.33. The topological polar surface area (TPSA) is 53.6 Å². The summed E-state index contributed by atoms with van der Waals surface area (Å²) >= 11 is 0. The van der Waals surface area contributed by atoms with Crippen molar-refractivity contribution >= 4 is 5.91 Å². The third-order valence-corrected chi connectivity index (χ3v) is 4.41. The number of hydrogen-bond acceptors (Lipinski definition) is 4. The van der Waals surface area contributed by atoms with Crippen LogP contribution in [0.25, 0.3) is 0 Å². The summed E-state index contributed by atoms with van der Waals surface area (Å²) < 4.78 is 5.89. The largest absolute Gasteiger partial charge is 0.375 e. The molecular weight excluding hydrogens is 290 g/mol. The van der Waals surface area contributed by atoms with Crippen LogP contribution in [0.2, 0.25) is 0 Å². The molecule has 1 unspecified atom stereocenters. The average molecular weight is 315 g/mol. The first kappa shape index (κ1) is 16.0. The van der Waals surface area contributed by atoms with Crippen molar-refractivity contribution in [2.24, 2.45) is 5.92 Å². The van der Waals surface area contributed by atoms with Crippen LogP contribution in [0.15, 0.2) is 42.6 Å². The molecule has 2 N–H and O–H groups in total. The zero-order valence-corrected chi connectivity index (χ0v) is 13.8. The number of carbonyl (C=O) groups is 1. The van der Waals surface area contributed by atoms with Gasteiger partial charge in [0.15, 0.2) is 0 Å². The lowest BCUT2D eigenvalue weighted by Crippen LogP contribution is -2.48. The van der Waals surface area contributed by atoms with Crippen LogP contribution in [0.1, 0.15) is 37.0 Å². The molecule has 1 aromatic rings. The summed E-state index contributed by atoms with van der Waals surface area (Å²) in [6.45, 7) is 5.98. The summed E-state index contributed by atoms with van der Waals surface area (Å²) in [5, 5.41) is 5.01. The van der Waals surface area contributed by atoms with E-state index in [1.54, 1.807) is 0 Å². The highest BCUT2D eigenvalue weighted by Crippen LogP contribution is 2.27. The van der Waals surface area contributed by atoms with E-state index in [0.717, 1.165) is 19.6 Å². The van der Waals surface area contributed by atoms with Gasteiger partial charge in [0, 0.05) is 24.2 Å². The van der Waals surface area contributed by atoms with Gasteiger partial charge in [-0.25, -0.2) is 5.43 Å². The van der Waals surface area contributed by atoms with E-state index in [4.69, 9.17) is 4.74 Å². The molecule has 3 rings (SSSR count). The molecule has 23 heavy (non-hydrogen) atoms. The fraction of sp³-hybridized carbons (Fsp3) is 0.500. The van der Waals surface area contributed by atoms with Gasteiger partial charge in [0.05, 0.1) is 12.2 Å². The Bertz CT molecular complexity index is 561. The molecule has 0 radical (unpaired) electrons. The Labute approximate surface area is 137 Å². The summed E-state index contributed by atoms with van der Waals surface area (Å²) in [7, 11) is 0. The molecule has 5 heteroatoms. The Kier molecular flexibility index (Phi) is 4.68. The summed E-state index contributed by atoms with van der Waals surface area (Å²) in [6, 6.07) is 9.26. The molecule has 2 aliphatic rings. The predicted molar refractivity (Wildman–Crippen MR) is 89.4 cm³/mol. The Hall–Kier alpha value is -1.85. The van der Waals surface area contributed by atoms with Gasteiger partial charge in [0.1, 0.15) is 6.17 Å². The van der Waals surface area contributed by atoms with E-state index in [-0.39, 0.29) is 17.7 Å². The van der Waals surface area contributed by atoms with Gasteiger partial charge in [-0.1, -0.05) is 18.2 Å². The van der Waals surface area contributed by atoms with Gasteiger partial charge >= 0.3 is 0 Å². The molecule has 5 nitrogen and oxygen atoms in total. The molecule has 1 saturated heterocycles. The van der Waals surface area contributed by atoms with Crippen molar-refractivity contribution in [2.45, 2.75) is 38.5 Å². The molecule has 0 bridgehead atoms. The quantitative estimate of drug-likeness (QED) is 0.895. The highest BCUT2D eigenvalue weighted by atomic mass is 16.5. The molecule has 2 heterocycles. The molecule has 0 aromatic heterocycles. The number of benzene rings is 1. The molecule has 1 amide bonds. The second-order valence-electron chi connectivity index (χ2n) is 6.92. The van der Waals surface area contributed by atoms with Gasteiger partial charge < -0.3 is 15.1 Å². The Morgan fingerprint density at radius 3 is 2.87 bits per heavy atom. The van der Waals surface area contributed by atoms with Crippen LogP contribution in [0.5, 0.6) is 0 Å². The fourth-order valence-electron chi connectivity index (χ4n) is 2.94. The molecule has 124 valence electrons. The normalized spacial score (nSPS) is 26.3. The predicted octanol–water partition coefficient (Wildman–Crippen LogP) is 2.28. The second-order valence-corrected chi connectivity index (χ2v) is 6.92. The lowest BCUT2D eigenvalue weighted by atomic mass is 9.91. The molecular formula is C18H25N3O2. The molecule has 2 aliphatic heterocycles.